The average molecular weight is 238 g/mol. The van der Waals surface area contributed by atoms with Gasteiger partial charge in [0.2, 0.25) is 0 Å². The number of carboxylic acid groups (broad SMARTS) is 1. The number of aliphatic carboxylic acids is 1. The third-order valence-corrected chi connectivity index (χ3v) is 5.03. The average Bonchev–Trinajstić information content (AvgIpc) is 2.35. The summed E-state index contributed by atoms with van der Waals surface area (Å²) in [6.45, 7) is 2.23. The van der Waals surface area contributed by atoms with E-state index in [1.54, 1.807) is 0 Å². The maximum absolute atomic E-state index is 11.2. The second-order valence-corrected chi connectivity index (χ2v) is 6.12. The molecular weight excluding hydrogens is 212 g/mol. The summed E-state index contributed by atoms with van der Waals surface area (Å²) in [7, 11) is 0. The molecule has 0 aromatic carbocycles. The van der Waals surface area contributed by atoms with Crippen LogP contribution in [0.2, 0.25) is 0 Å². The Morgan fingerprint density at radius 3 is 2.71 bits per heavy atom. The molecule has 2 saturated carbocycles. The minimum atomic E-state index is -0.546. The fourth-order valence-electron chi connectivity index (χ4n) is 4.15. The first-order chi connectivity index (χ1) is 8.22. The SMILES string of the molecule is CCCCC1CC(C(=O)O)CC2CCCCC12. The Balaban J connectivity index is 2.01. The van der Waals surface area contributed by atoms with Crippen LogP contribution in [0.1, 0.15) is 64.7 Å². The van der Waals surface area contributed by atoms with E-state index in [0.29, 0.717) is 5.92 Å². The Morgan fingerprint density at radius 1 is 1.24 bits per heavy atom. The minimum absolute atomic E-state index is 0.0452. The minimum Gasteiger partial charge on any atom is -0.481 e. The molecule has 2 aliphatic rings. The second kappa shape index (κ2) is 5.88. The van der Waals surface area contributed by atoms with Crippen molar-refractivity contribution in [3.8, 4) is 0 Å². The molecule has 0 aliphatic heterocycles. The summed E-state index contributed by atoms with van der Waals surface area (Å²) in [5, 5.41) is 9.27. The number of carboxylic acids is 1. The summed E-state index contributed by atoms with van der Waals surface area (Å²) in [6.07, 6.45) is 11.1. The van der Waals surface area contributed by atoms with Crippen molar-refractivity contribution in [1.29, 1.82) is 0 Å². The van der Waals surface area contributed by atoms with Gasteiger partial charge in [0.1, 0.15) is 0 Å². The Bertz CT molecular complexity index is 262. The van der Waals surface area contributed by atoms with Crippen molar-refractivity contribution in [3.63, 3.8) is 0 Å². The highest BCUT2D eigenvalue weighted by Crippen LogP contribution is 2.47. The van der Waals surface area contributed by atoms with Crippen LogP contribution in [0.4, 0.5) is 0 Å². The van der Waals surface area contributed by atoms with Crippen LogP contribution in [-0.2, 0) is 4.79 Å². The van der Waals surface area contributed by atoms with Crippen LogP contribution >= 0.6 is 0 Å². The third kappa shape index (κ3) is 3.02. The molecule has 1 N–H and O–H groups in total. The monoisotopic (exact) mass is 238 g/mol. The number of hydrogen-bond donors (Lipinski definition) is 1. The van der Waals surface area contributed by atoms with Crippen molar-refractivity contribution in [1.82, 2.24) is 0 Å². The van der Waals surface area contributed by atoms with E-state index >= 15 is 0 Å². The maximum atomic E-state index is 11.2. The van der Waals surface area contributed by atoms with Crippen molar-refractivity contribution >= 4 is 5.97 Å². The number of hydrogen-bond acceptors (Lipinski definition) is 1. The topological polar surface area (TPSA) is 37.3 Å². The first-order valence-electron chi connectivity index (χ1n) is 7.45. The third-order valence-electron chi connectivity index (χ3n) is 5.03. The van der Waals surface area contributed by atoms with E-state index in [1.165, 1.54) is 44.9 Å². The predicted molar refractivity (Wildman–Crippen MR) is 68.8 cm³/mol. The molecule has 0 saturated heterocycles. The van der Waals surface area contributed by atoms with E-state index in [-0.39, 0.29) is 5.92 Å². The molecule has 2 heteroatoms. The molecule has 2 aliphatic carbocycles. The van der Waals surface area contributed by atoms with Gasteiger partial charge in [-0.3, -0.25) is 4.79 Å². The van der Waals surface area contributed by atoms with Gasteiger partial charge in [-0.1, -0.05) is 45.4 Å². The Labute approximate surface area is 105 Å². The lowest BCUT2D eigenvalue weighted by Gasteiger charge is -2.43. The van der Waals surface area contributed by atoms with Crippen LogP contribution in [0, 0.1) is 23.7 Å². The zero-order valence-corrected chi connectivity index (χ0v) is 11.0. The molecule has 0 aromatic rings. The van der Waals surface area contributed by atoms with Crippen LogP contribution in [0.25, 0.3) is 0 Å². The number of carbonyl (C=O) groups is 1. The van der Waals surface area contributed by atoms with Gasteiger partial charge in [-0.2, -0.15) is 0 Å². The quantitative estimate of drug-likeness (QED) is 0.800. The summed E-state index contributed by atoms with van der Waals surface area (Å²) in [6, 6.07) is 0. The van der Waals surface area contributed by atoms with Crippen molar-refractivity contribution in [3.05, 3.63) is 0 Å². The largest absolute Gasteiger partial charge is 0.481 e. The van der Waals surface area contributed by atoms with Gasteiger partial charge in [0.15, 0.2) is 0 Å². The lowest BCUT2D eigenvalue weighted by Crippen LogP contribution is -2.37. The molecule has 4 unspecified atom stereocenters. The molecule has 17 heavy (non-hydrogen) atoms. The summed E-state index contributed by atoms with van der Waals surface area (Å²) in [5.41, 5.74) is 0. The van der Waals surface area contributed by atoms with Crippen LogP contribution in [0.3, 0.4) is 0 Å². The molecule has 0 aromatic heterocycles. The van der Waals surface area contributed by atoms with Crippen LogP contribution < -0.4 is 0 Å². The van der Waals surface area contributed by atoms with Gasteiger partial charge in [-0.25, -0.2) is 0 Å². The van der Waals surface area contributed by atoms with E-state index in [9.17, 15) is 9.90 Å². The lowest BCUT2D eigenvalue weighted by molar-refractivity contribution is -0.145. The second-order valence-electron chi connectivity index (χ2n) is 6.12. The van der Waals surface area contributed by atoms with Gasteiger partial charge in [0.05, 0.1) is 5.92 Å². The summed E-state index contributed by atoms with van der Waals surface area (Å²) < 4.78 is 0. The van der Waals surface area contributed by atoms with Crippen molar-refractivity contribution in [2.45, 2.75) is 64.7 Å². The van der Waals surface area contributed by atoms with E-state index in [1.807, 2.05) is 0 Å². The molecule has 0 amide bonds. The van der Waals surface area contributed by atoms with Crippen LogP contribution in [0.15, 0.2) is 0 Å². The van der Waals surface area contributed by atoms with E-state index in [2.05, 4.69) is 6.92 Å². The number of fused-ring (bicyclic) bond motifs is 1. The van der Waals surface area contributed by atoms with E-state index < -0.39 is 5.97 Å². The highest BCUT2D eigenvalue weighted by molar-refractivity contribution is 5.70. The predicted octanol–water partition coefficient (Wildman–Crippen LogP) is 4.09. The molecule has 0 spiro atoms. The van der Waals surface area contributed by atoms with Gasteiger partial charge in [0.25, 0.3) is 0 Å². The lowest BCUT2D eigenvalue weighted by atomic mass is 9.61. The zero-order valence-electron chi connectivity index (χ0n) is 11.0. The van der Waals surface area contributed by atoms with Crippen molar-refractivity contribution < 1.29 is 9.90 Å². The van der Waals surface area contributed by atoms with E-state index in [0.717, 1.165) is 24.7 Å². The summed E-state index contributed by atoms with van der Waals surface area (Å²) in [4.78, 5) is 11.2. The molecule has 0 bridgehead atoms. The fraction of sp³-hybridized carbons (Fsp3) is 0.933. The van der Waals surface area contributed by atoms with Gasteiger partial charge in [-0.15, -0.1) is 0 Å². The maximum Gasteiger partial charge on any atom is 0.306 e. The zero-order chi connectivity index (χ0) is 12.3. The first-order valence-corrected chi connectivity index (χ1v) is 7.45. The molecular formula is C15H26O2. The number of rotatable bonds is 4. The molecule has 0 heterocycles. The van der Waals surface area contributed by atoms with Crippen molar-refractivity contribution in [2.24, 2.45) is 23.7 Å². The number of unbranched alkanes of at least 4 members (excludes halogenated alkanes) is 1. The van der Waals surface area contributed by atoms with Gasteiger partial charge >= 0.3 is 5.97 Å². The van der Waals surface area contributed by atoms with Crippen LogP contribution in [0.5, 0.6) is 0 Å². The Morgan fingerprint density at radius 2 is 2.00 bits per heavy atom. The van der Waals surface area contributed by atoms with Gasteiger partial charge < -0.3 is 5.11 Å². The fourth-order valence-corrected chi connectivity index (χ4v) is 4.15. The molecule has 2 nitrogen and oxygen atoms in total. The van der Waals surface area contributed by atoms with Crippen molar-refractivity contribution in [2.75, 3.05) is 0 Å². The Kier molecular flexibility index (Phi) is 4.47. The van der Waals surface area contributed by atoms with Crippen LogP contribution in [-0.4, -0.2) is 11.1 Å². The smallest absolute Gasteiger partial charge is 0.306 e. The Hall–Kier alpha value is -0.530. The van der Waals surface area contributed by atoms with Gasteiger partial charge in [0, 0.05) is 0 Å². The summed E-state index contributed by atoms with van der Waals surface area (Å²) in [5.74, 6) is 1.69. The summed E-state index contributed by atoms with van der Waals surface area (Å²) >= 11 is 0. The van der Waals surface area contributed by atoms with E-state index in [4.69, 9.17) is 0 Å². The molecule has 2 fully saturated rings. The van der Waals surface area contributed by atoms with Gasteiger partial charge in [-0.05, 0) is 37.0 Å². The molecule has 2 rings (SSSR count). The highest BCUT2D eigenvalue weighted by Gasteiger charge is 2.40. The molecule has 0 radical (unpaired) electrons. The first kappa shape index (κ1) is 12.9. The molecule has 98 valence electrons. The normalized spacial score (nSPS) is 37.5. The molecule has 4 atom stereocenters. The standard InChI is InChI=1S/C15H26O2/c1-2-3-6-11-9-13(15(16)17)10-12-7-4-5-8-14(11)12/h11-14H,2-10H2,1H3,(H,16,17). The highest BCUT2D eigenvalue weighted by atomic mass is 16.4.